The Balaban J connectivity index is 1.81. The first-order valence-corrected chi connectivity index (χ1v) is 9.29. The lowest BCUT2D eigenvalue weighted by Gasteiger charge is -2.11. The second-order valence-electron chi connectivity index (χ2n) is 6.92. The molecule has 130 valence electrons. The van der Waals surface area contributed by atoms with Gasteiger partial charge in [0.1, 0.15) is 5.82 Å². The van der Waals surface area contributed by atoms with E-state index in [4.69, 9.17) is 16.6 Å². The van der Waals surface area contributed by atoms with Gasteiger partial charge in [0.2, 0.25) is 0 Å². The molecule has 26 heavy (non-hydrogen) atoms. The minimum atomic E-state index is 0.542. The normalized spacial score (nSPS) is 11.4. The number of hydrogen-bond donors (Lipinski definition) is 0. The van der Waals surface area contributed by atoms with Gasteiger partial charge in [0.15, 0.2) is 0 Å². The van der Waals surface area contributed by atoms with Crippen LogP contribution in [0.4, 0.5) is 0 Å². The molecule has 0 N–H and O–H groups in total. The van der Waals surface area contributed by atoms with Crippen LogP contribution in [-0.2, 0) is 6.54 Å². The van der Waals surface area contributed by atoms with Crippen molar-refractivity contribution in [1.29, 1.82) is 0 Å². The number of para-hydroxylation sites is 2. The third kappa shape index (κ3) is 3.25. The minimum Gasteiger partial charge on any atom is -0.319 e. The standard InChI is InChI=1S/C23H21ClN2/c1-16(2)18-12-10-17(11-13-18)15-26-22-9-4-3-8-21(22)25-23(26)19-6-5-7-20(24)14-19/h3-14,16H,15H2,1-2H3. The number of aromatic nitrogens is 2. The fraction of sp³-hybridized carbons (Fsp3) is 0.174. The summed E-state index contributed by atoms with van der Waals surface area (Å²) < 4.78 is 2.27. The summed E-state index contributed by atoms with van der Waals surface area (Å²) in [5.41, 5.74) is 5.80. The summed E-state index contributed by atoms with van der Waals surface area (Å²) >= 11 is 6.22. The summed E-state index contributed by atoms with van der Waals surface area (Å²) in [5, 5.41) is 0.724. The average Bonchev–Trinajstić information content (AvgIpc) is 3.01. The molecular weight excluding hydrogens is 340 g/mol. The molecule has 0 aliphatic heterocycles. The third-order valence-electron chi connectivity index (χ3n) is 4.72. The smallest absolute Gasteiger partial charge is 0.141 e. The zero-order valence-electron chi connectivity index (χ0n) is 15.0. The van der Waals surface area contributed by atoms with Gasteiger partial charge in [0.05, 0.1) is 11.0 Å². The van der Waals surface area contributed by atoms with E-state index < -0.39 is 0 Å². The first-order valence-electron chi connectivity index (χ1n) is 8.92. The molecule has 0 radical (unpaired) electrons. The van der Waals surface area contributed by atoms with Crippen LogP contribution in [0.3, 0.4) is 0 Å². The molecule has 3 aromatic carbocycles. The number of rotatable bonds is 4. The molecule has 2 nitrogen and oxygen atoms in total. The molecule has 3 heteroatoms. The van der Waals surface area contributed by atoms with Crippen LogP contribution in [0.1, 0.15) is 30.9 Å². The van der Waals surface area contributed by atoms with Crippen LogP contribution in [-0.4, -0.2) is 9.55 Å². The van der Waals surface area contributed by atoms with Crippen molar-refractivity contribution < 1.29 is 0 Å². The third-order valence-corrected chi connectivity index (χ3v) is 4.96. The van der Waals surface area contributed by atoms with Gasteiger partial charge in [-0.1, -0.05) is 74.0 Å². The number of benzene rings is 3. The Morgan fingerprint density at radius 1 is 0.923 bits per heavy atom. The quantitative estimate of drug-likeness (QED) is 0.404. The van der Waals surface area contributed by atoms with Crippen molar-refractivity contribution in [2.45, 2.75) is 26.3 Å². The van der Waals surface area contributed by atoms with Crippen LogP contribution in [0.25, 0.3) is 22.4 Å². The van der Waals surface area contributed by atoms with E-state index in [1.807, 2.05) is 24.3 Å². The Bertz CT molecular complexity index is 1050. The first kappa shape index (κ1) is 16.9. The predicted molar refractivity (Wildman–Crippen MR) is 110 cm³/mol. The van der Waals surface area contributed by atoms with Gasteiger partial charge in [-0.25, -0.2) is 4.98 Å². The van der Waals surface area contributed by atoms with Gasteiger partial charge in [-0.3, -0.25) is 0 Å². The topological polar surface area (TPSA) is 17.8 Å². The van der Waals surface area contributed by atoms with Crippen molar-refractivity contribution in [3.63, 3.8) is 0 Å². The van der Waals surface area contributed by atoms with Crippen molar-refractivity contribution in [3.05, 3.63) is 88.9 Å². The van der Waals surface area contributed by atoms with Crippen LogP contribution in [0.15, 0.2) is 72.8 Å². The molecule has 4 rings (SSSR count). The highest BCUT2D eigenvalue weighted by atomic mass is 35.5. The van der Waals surface area contributed by atoms with E-state index in [1.54, 1.807) is 0 Å². The molecule has 0 aliphatic rings. The SMILES string of the molecule is CC(C)c1ccc(Cn2c(-c3cccc(Cl)c3)nc3ccccc32)cc1. The van der Waals surface area contributed by atoms with Crippen LogP contribution in [0.5, 0.6) is 0 Å². The first-order chi connectivity index (χ1) is 12.6. The van der Waals surface area contributed by atoms with Gasteiger partial charge in [-0.15, -0.1) is 0 Å². The Labute approximate surface area is 159 Å². The molecule has 1 aromatic heterocycles. The molecule has 0 saturated heterocycles. The van der Waals surface area contributed by atoms with Crippen molar-refractivity contribution in [2.75, 3.05) is 0 Å². The molecule has 0 saturated carbocycles. The molecule has 0 amide bonds. The molecule has 4 aromatic rings. The fourth-order valence-corrected chi connectivity index (χ4v) is 3.46. The van der Waals surface area contributed by atoms with E-state index in [0.717, 1.165) is 34.0 Å². The largest absolute Gasteiger partial charge is 0.319 e. The van der Waals surface area contributed by atoms with Crippen LogP contribution < -0.4 is 0 Å². The maximum atomic E-state index is 6.22. The van der Waals surface area contributed by atoms with Crippen molar-refractivity contribution in [3.8, 4) is 11.4 Å². The van der Waals surface area contributed by atoms with Gasteiger partial charge < -0.3 is 4.57 Å². The van der Waals surface area contributed by atoms with E-state index in [-0.39, 0.29) is 0 Å². The van der Waals surface area contributed by atoms with Gasteiger partial charge in [-0.05, 0) is 41.3 Å². The molecule has 0 bridgehead atoms. The summed E-state index contributed by atoms with van der Waals surface area (Å²) in [6.45, 7) is 5.21. The summed E-state index contributed by atoms with van der Waals surface area (Å²) in [6.07, 6.45) is 0. The Morgan fingerprint density at radius 2 is 1.69 bits per heavy atom. The lowest BCUT2D eigenvalue weighted by Crippen LogP contribution is -2.02. The highest BCUT2D eigenvalue weighted by Crippen LogP contribution is 2.28. The van der Waals surface area contributed by atoms with Gasteiger partial charge in [-0.2, -0.15) is 0 Å². The molecule has 0 aliphatic carbocycles. The molecular formula is C23H21ClN2. The summed E-state index contributed by atoms with van der Waals surface area (Å²) in [7, 11) is 0. The van der Waals surface area contributed by atoms with Gasteiger partial charge >= 0.3 is 0 Å². The van der Waals surface area contributed by atoms with Crippen LogP contribution >= 0.6 is 11.6 Å². The molecule has 0 fully saturated rings. The van der Waals surface area contributed by atoms with E-state index >= 15 is 0 Å². The second kappa shape index (κ2) is 6.97. The van der Waals surface area contributed by atoms with E-state index in [1.165, 1.54) is 11.1 Å². The zero-order valence-corrected chi connectivity index (χ0v) is 15.7. The Kier molecular flexibility index (Phi) is 4.52. The molecule has 0 atom stereocenters. The molecule has 0 spiro atoms. The summed E-state index contributed by atoms with van der Waals surface area (Å²) in [5.74, 6) is 1.49. The summed E-state index contributed by atoms with van der Waals surface area (Å²) in [6, 6.07) is 25.0. The maximum Gasteiger partial charge on any atom is 0.141 e. The molecule has 0 unspecified atom stereocenters. The fourth-order valence-electron chi connectivity index (χ4n) is 3.27. The Morgan fingerprint density at radius 3 is 2.42 bits per heavy atom. The lowest BCUT2D eigenvalue weighted by molar-refractivity contribution is 0.827. The highest BCUT2D eigenvalue weighted by Gasteiger charge is 2.13. The van der Waals surface area contributed by atoms with Crippen molar-refractivity contribution in [1.82, 2.24) is 9.55 Å². The predicted octanol–water partition coefficient (Wildman–Crippen LogP) is 6.53. The van der Waals surface area contributed by atoms with Crippen LogP contribution in [0, 0.1) is 0 Å². The second-order valence-corrected chi connectivity index (χ2v) is 7.35. The number of halogens is 1. The van der Waals surface area contributed by atoms with E-state index in [2.05, 4.69) is 66.9 Å². The average molecular weight is 361 g/mol. The monoisotopic (exact) mass is 360 g/mol. The van der Waals surface area contributed by atoms with Gasteiger partial charge in [0, 0.05) is 17.1 Å². The van der Waals surface area contributed by atoms with Crippen molar-refractivity contribution in [2.24, 2.45) is 0 Å². The Hall–Kier alpha value is -2.58. The van der Waals surface area contributed by atoms with Crippen LogP contribution in [0.2, 0.25) is 5.02 Å². The van der Waals surface area contributed by atoms with Gasteiger partial charge in [0.25, 0.3) is 0 Å². The highest BCUT2D eigenvalue weighted by molar-refractivity contribution is 6.30. The van der Waals surface area contributed by atoms with Crippen molar-refractivity contribution >= 4 is 22.6 Å². The van der Waals surface area contributed by atoms with E-state index in [9.17, 15) is 0 Å². The number of hydrogen-bond acceptors (Lipinski definition) is 1. The maximum absolute atomic E-state index is 6.22. The minimum absolute atomic E-state index is 0.542. The number of imidazole rings is 1. The van der Waals surface area contributed by atoms with E-state index in [0.29, 0.717) is 5.92 Å². The summed E-state index contributed by atoms with van der Waals surface area (Å²) in [4.78, 5) is 4.87. The zero-order chi connectivity index (χ0) is 18.1. The number of nitrogens with zero attached hydrogens (tertiary/aromatic N) is 2. The number of fused-ring (bicyclic) bond motifs is 1. The lowest BCUT2D eigenvalue weighted by atomic mass is 10.0. The molecule has 1 heterocycles.